The van der Waals surface area contributed by atoms with Crippen LogP contribution in [-0.4, -0.2) is 15.5 Å². The second-order valence-corrected chi connectivity index (χ2v) is 7.03. The van der Waals surface area contributed by atoms with Gasteiger partial charge in [-0.1, -0.05) is 11.6 Å². The quantitative estimate of drug-likeness (QED) is 0.883. The third-order valence-corrected chi connectivity index (χ3v) is 4.81. The summed E-state index contributed by atoms with van der Waals surface area (Å²) < 4.78 is 31.8. The van der Waals surface area contributed by atoms with Gasteiger partial charge < -0.3 is 4.74 Å². The Bertz CT molecular complexity index is 717. The van der Waals surface area contributed by atoms with Gasteiger partial charge in [-0.05, 0) is 65.4 Å². The molecule has 20 heavy (non-hydrogen) atoms. The maximum atomic E-state index is 11.7. The average molecular weight is 377 g/mol. The Kier molecular flexibility index (Phi) is 4.70. The molecule has 0 fully saturated rings. The maximum absolute atomic E-state index is 11.7. The molecular formula is C13H11BrClNO3S. The van der Waals surface area contributed by atoms with E-state index in [2.05, 4.69) is 20.7 Å². The molecular weight excluding hydrogens is 366 g/mol. The molecule has 0 spiro atoms. The zero-order chi connectivity index (χ0) is 14.8. The van der Waals surface area contributed by atoms with Gasteiger partial charge in [0, 0.05) is 5.02 Å². The fourth-order valence-electron chi connectivity index (χ4n) is 1.48. The highest BCUT2D eigenvalue weighted by atomic mass is 79.9. The van der Waals surface area contributed by atoms with Gasteiger partial charge in [-0.2, -0.15) is 0 Å². The third kappa shape index (κ3) is 3.52. The van der Waals surface area contributed by atoms with Crippen LogP contribution < -0.4 is 9.46 Å². The number of hydrogen-bond acceptors (Lipinski definition) is 3. The predicted octanol–water partition coefficient (Wildman–Crippen LogP) is 3.80. The zero-order valence-corrected chi connectivity index (χ0v) is 13.6. The van der Waals surface area contributed by atoms with Crippen LogP contribution in [0.5, 0.6) is 11.5 Å². The summed E-state index contributed by atoms with van der Waals surface area (Å²) in [5, 5.41) is 0.617. The van der Waals surface area contributed by atoms with E-state index in [1.807, 2.05) is 0 Å². The van der Waals surface area contributed by atoms with Crippen LogP contribution in [0.1, 0.15) is 0 Å². The van der Waals surface area contributed by atoms with E-state index < -0.39 is 10.0 Å². The SMILES string of the molecule is CNS(=O)(=O)c1ccc(Oc2ccc(Cl)cc2)c(Br)c1. The molecule has 0 bridgehead atoms. The average Bonchev–Trinajstić information content (AvgIpc) is 2.43. The molecule has 0 aliphatic heterocycles. The van der Waals surface area contributed by atoms with Crippen LogP contribution >= 0.6 is 27.5 Å². The number of halogens is 2. The largest absolute Gasteiger partial charge is 0.456 e. The highest BCUT2D eigenvalue weighted by Crippen LogP contribution is 2.32. The Hall–Kier alpha value is -1.08. The highest BCUT2D eigenvalue weighted by molar-refractivity contribution is 9.10. The summed E-state index contributed by atoms with van der Waals surface area (Å²) in [6.07, 6.45) is 0. The molecule has 0 saturated heterocycles. The van der Waals surface area contributed by atoms with Crippen molar-refractivity contribution in [3.8, 4) is 11.5 Å². The molecule has 0 saturated carbocycles. The van der Waals surface area contributed by atoms with Gasteiger partial charge in [0.15, 0.2) is 0 Å². The van der Waals surface area contributed by atoms with Crippen molar-refractivity contribution < 1.29 is 13.2 Å². The van der Waals surface area contributed by atoms with Crippen molar-refractivity contribution >= 4 is 37.6 Å². The molecule has 0 radical (unpaired) electrons. The van der Waals surface area contributed by atoms with E-state index in [-0.39, 0.29) is 4.90 Å². The van der Waals surface area contributed by atoms with E-state index in [4.69, 9.17) is 16.3 Å². The summed E-state index contributed by atoms with van der Waals surface area (Å²) in [7, 11) is -2.11. The summed E-state index contributed by atoms with van der Waals surface area (Å²) in [5.41, 5.74) is 0. The van der Waals surface area contributed by atoms with E-state index in [9.17, 15) is 8.42 Å². The number of nitrogens with one attached hydrogen (secondary N) is 1. The first-order valence-corrected chi connectivity index (χ1v) is 8.24. The van der Waals surface area contributed by atoms with E-state index in [1.54, 1.807) is 30.3 Å². The summed E-state index contributed by atoms with van der Waals surface area (Å²) in [4.78, 5) is 0.162. The van der Waals surface area contributed by atoms with E-state index in [0.29, 0.717) is 21.0 Å². The Labute approximate surface area is 130 Å². The molecule has 106 valence electrons. The Morgan fingerprint density at radius 2 is 1.80 bits per heavy atom. The van der Waals surface area contributed by atoms with Crippen molar-refractivity contribution in [1.82, 2.24) is 4.72 Å². The fraction of sp³-hybridized carbons (Fsp3) is 0.0769. The highest BCUT2D eigenvalue weighted by Gasteiger charge is 2.13. The van der Waals surface area contributed by atoms with Crippen molar-refractivity contribution in [2.24, 2.45) is 0 Å². The van der Waals surface area contributed by atoms with E-state index in [1.165, 1.54) is 19.2 Å². The summed E-state index contributed by atoms with van der Waals surface area (Å²) in [6.45, 7) is 0. The van der Waals surface area contributed by atoms with Crippen LogP contribution in [0.2, 0.25) is 5.02 Å². The van der Waals surface area contributed by atoms with Gasteiger partial charge in [0.2, 0.25) is 10.0 Å². The number of ether oxygens (including phenoxy) is 1. The molecule has 0 aliphatic carbocycles. The zero-order valence-electron chi connectivity index (χ0n) is 10.4. The van der Waals surface area contributed by atoms with Crippen LogP contribution in [0.25, 0.3) is 0 Å². The topological polar surface area (TPSA) is 55.4 Å². The van der Waals surface area contributed by atoms with Gasteiger partial charge in [0.25, 0.3) is 0 Å². The van der Waals surface area contributed by atoms with Crippen molar-refractivity contribution in [3.63, 3.8) is 0 Å². The first-order chi connectivity index (χ1) is 9.42. The first kappa shape index (κ1) is 15.3. The van der Waals surface area contributed by atoms with Crippen LogP contribution in [0.3, 0.4) is 0 Å². The molecule has 2 rings (SSSR count). The van der Waals surface area contributed by atoms with Gasteiger partial charge in [-0.25, -0.2) is 13.1 Å². The lowest BCUT2D eigenvalue weighted by atomic mass is 10.3. The van der Waals surface area contributed by atoms with Gasteiger partial charge in [0.1, 0.15) is 11.5 Å². The normalized spacial score (nSPS) is 11.3. The number of sulfonamides is 1. The molecule has 0 atom stereocenters. The summed E-state index contributed by atoms with van der Waals surface area (Å²) in [5.74, 6) is 1.13. The lowest BCUT2D eigenvalue weighted by Crippen LogP contribution is -2.18. The van der Waals surface area contributed by atoms with Crippen molar-refractivity contribution in [2.75, 3.05) is 7.05 Å². The smallest absolute Gasteiger partial charge is 0.240 e. The Morgan fingerprint density at radius 1 is 1.15 bits per heavy atom. The minimum atomic E-state index is -3.47. The van der Waals surface area contributed by atoms with E-state index >= 15 is 0 Å². The third-order valence-electron chi connectivity index (χ3n) is 2.52. The van der Waals surface area contributed by atoms with Crippen LogP contribution in [0.15, 0.2) is 51.8 Å². The molecule has 0 amide bonds. The van der Waals surface area contributed by atoms with Crippen molar-refractivity contribution in [3.05, 3.63) is 52.0 Å². The lowest BCUT2D eigenvalue weighted by molar-refractivity contribution is 0.479. The molecule has 0 aromatic heterocycles. The fourth-order valence-corrected chi connectivity index (χ4v) is 2.97. The van der Waals surface area contributed by atoms with Gasteiger partial charge in [-0.3, -0.25) is 0 Å². The first-order valence-electron chi connectivity index (χ1n) is 5.59. The predicted molar refractivity (Wildman–Crippen MR) is 81.9 cm³/mol. The molecule has 1 N–H and O–H groups in total. The van der Waals surface area contributed by atoms with E-state index in [0.717, 1.165) is 0 Å². The lowest BCUT2D eigenvalue weighted by Gasteiger charge is -2.09. The number of rotatable bonds is 4. The Balaban J connectivity index is 2.29. The minimum Gasteiger partial charge on any atom is -0.456 e. The van der Waals surface area contributed by atoms with Crippen LogP contribution in [0, 0.1) is 0 Å². The maximum Gasteiger partial charge on any atom is 0.240 e. The Morgan fingerprint density at radius 3 is 2.35 bits per heavy atom. The summed E-state index contributed by atoms with van der Waals surface area (Å²) in [6, 6.07) is 11.4. The number of hydrogen-bond donors (Lipinski definition) is 1. The molecule has 0 unspecified atom stereocenters. The van der Waals surface area contributed by atoms with Gasteiger partial charge >= 0.3 is 0 Å². The number of benzene rings is 2. The van der Waals surface area contributed by atoms with Crippen LogP contribution in [-0.2, 0) is 10.0 Å². The summed E-state index contributed by atoms with van der Waals surface area (Å²) >= 11 is 9.09. The van der Waals surface area contributed by atoms with Gasteiger partial charge in [-0.15, -0.1) is 0 Å². The standard InChI is InChI=1S/C13H11BrClNO3S/c1-16-20(17,18)11-6-7-13(12(14)8-11)19-10-4-2-9(15)3-5-10/h2-8,16H,1H3. The monoisotopic (exact) mass is 375 g/mol. The molecule has 0 aliphatic rings. The second kappa shape index (κ2) is 6.13. The van der Waals surface area contributed by atoms with Crippen LogP contribution in [0.4, 0.5) is 0 Å². The molecule has 2 aromatic carbocycles. The molecule has 4 nitrogen and oxygen atoms in total. The van der Waals surface area contributed by atoms with Crippen molar-refractivity contribution in [1.29, 1.82) is 0 Å². The van der Waals surface area contributed by atoms with Crippen molar-refractivity contribution in [2.45, 2.75) is 4.90 Å². The molecule has 2 aromatic rings. The van der Waals surface area contributed by atoms with Gasteiger partial charge in [0.05, 0.1) is 9.37 Å². The minimum absolute atomic E-state index is 0.162. The second-order valence-electron chi connectivity index (χ2n) is 3.86. The molecule has 7 heteroatoms. The molecule has 0 heterocycles.